The Kier molecular flexibility index (Phi) is 9.63. The number of carbonyl (C=O) groups is 2. The quantitative estimate of drug-likeness (QED) is 0.664. The van der Waals surface area contributed by atoms with Crippen molar-refractivity contribution in [2.24, 2.45) is 5.92 Å². The number of piperidine rings is 2. The van der Waals surface area contributed by atoms with Crippen molar-refractivity contribution in [3.8, 4) is 0 Å². The Balaban J connectivity index is 0.00000167. The van der Waals surface area contributed by atoms with Crippen molar-refractivity contribution in [1.29, 1.82) is 0 Å². The van der Waals surface area contributed by atoms with Gasteiger partial charge in [-0.25, -0.2) is 14.2 Å². The summed E-state index contributed by atoms with van der Waals surface area (Å²) < 4.78 is 17.3. The van der Waals surface area contributed by atoms with Gasteiger partial charge in [-0.05, 0) is 63.7 Å². The molecule has 2 fully saturated rings. The number of anilines is 1. The van der Waals surface area contributed by atoms with Crippen molar-refractivity contribution < 1.29 is 14.0 Å². The molecule has 2 atom stereocenters. The van der Waals surface area contributed by atoms with Crippen LogP contribution in [-0.4, -0.2) is 71.8 Å². The topological polar surface area (TPSA) is 82.5 Å². The molecule has 2 aliphatic heterocycles. The predicted molar refractivity (Wildman–Crippen MR) is 139 cm³/mol. The van der Waals surface area contributed by atoms with Crippen molar-refractivity contribution in [2.45, 2.75) is 66.1 Å². The highest BCUT2D eigenvalue weighted by molar-refractivity contribution is 6.02. The van der Waals surface area contributed by atoms with Crippen LogP contribution >= 0.6 is 0 Å². The fourth-order valence-electron chi connectivity index (χ4n) is 5.21. The Morgan fingerprint density at radius 2 is 1.97 bits per heavy atom. The summed E-state index contributed by atoms with van der Waals surface area (Å²) in [5, 5.41) is 6.60. The highest BCUT2D eigenvalue weighted by atomic mass is 19.1. The molecule has 2 N–H and O–H groups in total. The van der Waals surface area contributed by atoms with Crippen molar-refractivity contribution >= 4 is 28.7 Å². The third kappa shape index (κ3) is 6.38. The maximum absolute atomic E-state index is 15.4. The number of carbonyl (C=O) groups excluding carboxylic acids is 2. The first kappa shape index (κ1) is 27.1. The molecule has 2 aromatic rings. The van der Waals surface area contributed by atoms with Crippen LogP contribution in [0.2, 0.25) is 0 Å². The number of hydrogen-bond acceptors (Lipinski definition) is 5. The highest BCUT2D eigenvalue weighted by Gasteiger charge is 2.33. The molecule has 9 heteroatoms. The number of halogens is 1. The molecule has 0 aromatic carbocycles. The molecule has 2 aliphatic rings. The SMILES string of the molecule is CC.CCN(C(=O)NC(C)=O)c1cnc2c(c1)c(C)cn2C1CCN(CC2CCNCC2)CC1F. The Morgan fingerprint density at radius 3 is 2.60 bits per heavy atom. The van der Waals surface area contributed by atoms with Gasteiger partial charge in [0.05, 0.1) is 17.9 Å². The molecule has 35 heavy (non-hydrogen) atoms. The van der Waals surface area contributed by atoms with Crippen LogP contribution in [-0.2, 0) is 4.79 Å². The number of fused-ring (bicyclic) bond motifs is 1. The molecule has 0 spiro atoms. The largest absolute Gasteiger partial charge is 0.328 e. The van der Waals surface area contributed by atoms with Crippen LogP contribution in [0.25, 0.3) is 11.0 Å². The van der Waals surface area contributed by atoms with Crippen LogP contribution < -0.4 is 15.5 Å². The average Bonchev–Trinajstić information content (AvgIpc) is 3.17. The van der Waals surface area contributed by atoms with Crippen LogP contribution in [0.15, 0.2) is 18.5 Å². The van der Waals surface area contributed by atoms with Gasteiger partial charge < -0.3 is 14.8 Å². The van der Waals surface area contributed by atoms with Crippen molar-refractivity contribution in [3.05, 3.63) is 24.0 Å². The van der Waals surface area contributed by atoms with Crippen LogP contribution in [0.3, 0.4) is 0 Å². The second kappa shape index (κ2) is 12.4. The molecule has 194 valence electrons. The first-order valence-electron chi connectivity index (χ1n) is 13.0. The molecule has 0 radical (unpaired) electrons. The van der Waals surface area contributed by atoms with Gasteiger partial charge in [0.25, 0.3) is 0 Å². The summed E-state index contributed by atoms with van der Waals surface area (Å²) in [6.07, 6.45) is 5.74. The van der Waals surface area contributed by atoms with Gasteiger partial charge in [-0.3, -0.25) is 15.0 Å². The van der Waals surface area contributed by atoms with Gasteiger partial charge in [-0.1, -0.05) is 13.8 Å². The van der Waals surface area contributed by atoms with E-state index in [9.17, 15) is 9.59 Å². The second-order valence-electron chi connectivity index (χ2n) is 9.34. The number of hydrogen-bond donors (Lipinski definition) is 2. The standard InChI is InChI=1S/C24H35FN6O2.C2H6/c1-4-30(24(33)28-17(3)32)19-11-20-16(2)13-31(23(20)27-12-19)22-7-10-29(15-21(22)25)14-18-5-8-26-9-6-18;1-2/h11-13,18,21-22,26H,4-10,14-15H2,1-3H3,(H,28,32,33);1-2H3. The fraction of sp³-hybridized carbons (Fsp3) is 0.654. The average molecular weight is 489 g/mol. The van der Waals surface area contributed by atoms with Crippen LogP contribution in [0.4, 0.5) is 14.9 Å². The minimum absolute atomic E-state index is 0.243. The van der Waals surface area contributed by atoms with Crippen LogP contribution in [0.5, 0.6) is 0 Å². The Morgan fingerprint density at radius 1 is 1.26 bits per heavy atom. The first-order chi connectivity index (χ1) is 16.9. The van der Waals surface area contributed by atoms with E-state index >= 15 is 4.39 Å². The summed E-state index contributed by atoms with van der Waals surface area (Å²) in [4.78, 5) is 32.1. The van der Waals surface area contributed by atoms with Gasteiger partial charge in [-0.15, -0.1) is 0 Å². The van der Waals surface area contributed by atoms with Gasteiger partial charge in [0.1, 0.15) is 11.8 Å². The lowest BCUT2D eigenvalue weighted by Crippen LogP contribution is -2.45. The fourth-order valence-corrected chi connectivity index (χ4v) is 5.21. The number of rotatable bonds is 5. The number of likely N-dealkylation sites (tertiary alicyclic amines) is 1. The monoisotopic (exact) mass is 488 g/mol. The first-order valence-corrected chi connectivity index (χ1v) is 13.0. The summed E-state index contributed by atoms with van der Waals surface area (Å²) in [6.45, 7) is 14.0. The third-order valence-electron chi connectivity index (χ3n) is 6.93. The van der Waals surface area contributed by atoms with Crippen molar-refractivity contribution in [2.75, 3.05) is 44.2 Å². The van der Waals surface area contributed by atoms with Gasteiger partial charge in [0.2, 0.25) is 5.91 Å². The van der Waals surface area contributed by atoms with Gasteiger partial charge >= 0.3 is 6.03 Å². The molecule has 0 saturated carbocycles. The van der Waals surface area contributed by atoms with E-state index in [-0.39, 0.29) is 6.04 Å². The number of alkyl halides is 1. The normalized spacial score (nSPS) is 21.3. The zero-order valence-corrected chi connectivity index (χ0v) is 21.8. The maximum atomic E-state index is 15.4. The molecule has 0 aliphatic carbocycles. The number of nitrogens with zero attached hydrogens (tertiary/aromatic N) is 4. The molecular weight excluding hydrogens is 447 g/mol. The highest BCUT2D eigenvalue weighted by Crippen LogP contribution is 2.33. The minimum atomic E-state index is -0.953. The Bertz CT molecular complexity index is 1000. The minimum Gasteiger partial charge on any atom is -0.326 e. The zero-order chi connectivity index (χ0) is 25.5. The number of aryl methyl sites for hydroxylation is 1. The number of nitrogens with one attached hydrogen (secondary N) is 2. The number of aromatic nitrogens is 2. The predicted octanol–water partition coefficient (Wildman–Crippen LogP) is 4.04. The van der Waals surface area contributed by atoms with Crippen LogP contribution in [0, 0.1) is 12.8 Å². The molecular formula is C26H41FN6O2. The van der Waals surface area contributed by atoms with Gasteiger partial charge in [0.15, 0.2) is 0 Å². The van der Waals surface area contributed by atoms with Gasteiger partial charge in [0, 0.05) is 44.7 Å². The van der Waals surface area contributed by atoms with E-state index < -0.39 is 18.1 Å². The number of imide groups is 1. The summed E-state index contributed by atoms with van der Waals surface area (Å²) in [5.41, 5.74) is 2.34. The lowest BCUT2D eigenvalue weighted by molar-refractivity contribution is -0.117. The van der Waals surface area contributed by atoms with E-state index in [1.807, 2.05) is 44.5 Å². The summed E-state index contributed by atoms with van der Waals surface area (Å²) >= 11 is 0. The molecule has 2 saturated heterocycles. The van der Waals surface area contributed by atoms with Gasteiger partial charge in [-0.2, -0.15) is 0 Å². The zero-order valence-electron chi connectivity index (χ0n) is 21.8. The smallest absolute Gasteiger partial charge is 0.326 e. The van der Waals surface area contributed by atoms with Crippen LogP contribution in [0.1, 0.15) is 58.6 Å². The van der Waals surface area contributed by atoms with Crippen molar-refractivity contribution in [3.63, 3.8) is 0 Å². The lowest BCUT2D eigenvalue weighted by Gasteiger charge is -2.38. The summed E-state index contributed by atoms with van der Waals surface area (Å²) in [6, 6.07) is 1.18. The molecule has 8 nitrogen and oxygen atoms in total. The van der Waals surface area contributed by atoms with E-state index in [1.54, 1.807) is 6.20 Å². The van der Waals surface area contributed by atoms with E-state index in [1.165, 1.54) is 24.7 Å². The molecule has 2 unspecified atom stereocenters. The maximum Gasteiger partial charge on any atom is 0.328 e. The van der Waals surface area contributed by atoms with E-state index in [4.69, 9.17) is 0 Å². The molecule has 3 amide bonds. The lowest BCUT2D eigenvalue weighted by atomic mass is 9.95. The third-order valence-corrected chi connectivity index (χ3v) is 6.93. The summed E-state index contributed by atoms with van der Waals surface area (Å²) in [5.74, 6) is 0.252. The number of pyridine rings is 1. The summed E-state index contributed by atoms with van der Waals surface area (Å²) in [7, 11) is 0. The Hall–Kier alpha value is -2.52. The Labute approximate surface area is 208 Å². The number of urea groups is 1. The molecule has 2 aromatic heterocycles. The van der Waals surface area contributed by atoms with E-state index in [0.29, 0.717) is 24.7 Å². The van der Waals surface area contributed by atoms with Crippen molar-refractivity contribution in [1.82, 2.24) is 25.1 Å². The second-order valence-corrected chi connectivity index (χ2v) is 9.34. The molecule has 0 bridgehead atoms. The molecule has 4 rings (SSSR count). The number of amides is 3. The van der Waals surface area contributed by atoms with E-state index in [2.05, 4.69) is 20.5 Å². The molecule has 4 heterocycles. The van der Waals surface area contributed by atoms with E-state index in [0.717, 1.165) is 49.2 Å².